The molecule has 3 rings (SSSR count). The van der Waals surface area contributed by atoms with Crippen LogP contribution in [-0.4, -0.2) is 34.9 Å². The highest BCUT2D eigenvalue weighted by Gasteiger charge is 2.22. The zero-order valence-electron chi connectivity index (χ0n) is 12.3. The Kier molecular flexibility index (Phi) is 4.14. The first-order chi connectivity index (χ1) is 11.0. The van der Waals surface area contributed by atoms with Crippen molar-refractivity contribution in [1.82, 2.24) is 15.1 Å². The van der Waals surface area contributed by atoms with Gasteiger partial charge in [-0.05, 0) is 25.1 Å². The van der Waals surface area contributed by atoms with Gasteiger partial charge >= 0.3 is 6.55 Å². The second kappa shape index (κ2) is 6.23. The third-order valence-electron chi connectivity index (χ3n) is 3.40. The van der Waals surface area contributed by atoms with Crippen LogP contribution in [0.25, 0.3) is 0 Å². The van der Waals surface area contributed by atoms with Gasteiger partial charge in [0.2, 0.25) is 0 Å². The summed E-state index contributed by atoms with van der Waals surface area (Å²) in [5.41, 5.74) is 0.163. The predicted octanol–water partition coefficient (Wildman–Crippen LogP) is 2.16. The van der Waals surface area contributed by atoms with Crippen molar-refractivity contribution in [2.45, 2.75) is 19.6 Å². The Morgan fingerprint density at radius 2 is 2.17 bits per heavy atom. The van der Waals surface area contributed by atoms with Crippen molar-refractivity contribution in [3.05, 3.63) is 41.7 Å². The number of para-hydroxylation sites is 2. The van der Waals surface area contributed by atoms with Crippen molar-refractivity contribution in [1.29, 1.82) is 0 Å². The summed E-state index contributed by atoms with van der Waals surface area (Å²) < 4.78 is 37.0. The SMILES string of the molecule is Cc1cc(C(=O)NCC2COc3ccccc3O2)nn1C(F)F. The highest BCUT2D eigenvalue weighted by molar-refractivity contribution is 5.92. The minimum absolute atomic E-state index is 0.0556. The molecule has 8 heteroatoms. The normalized spacial score (nSPS) is 16.4. The molecule has 1 aliphatic rings. The summed E-state index contributed by atoms with van der Waals surface area (Å²) in [6, 6.07) is 8.55. The quantitative estimate of drug-likeness (QED) is 0.936. The Bertz CT molecular complexity index is 718. The minimum atomic E-state index is -2.77. The number of benzene rings is 1. The lowest BCUT2D eigenvalue weighted by Gasteiger charge is -2.26. The van der Waals surface area contributed by atoms with Crippen LogP contribution in [-0.2, 0) is 0 Å². The minimum Gasteiger partial charge on any atom is -0.486 e. The van der Waals surface area contributed by atoms with E-state index in [0.717, 1.165) is 0 Å². The van der Waals surface area contributed by atoms with E-state index in [1.165, 1.54) is 13.0 Å². The number of ether oxygens (including phenoxy) is 2. The summed E-state index contributed by atoms with van der Waals surface area (Å²) in [5.74, 6) is 0.729. The molecule has 1 aromatic carbocycles. The number of hydrogen-bond donors (Lipinski definition) is 1. The summed E-state index contributed by atoms with van der Waals surface area (Å²) in [7, 11) is 0. The summed E-state index contributed by atoms with van der Waals surface area (Å²) in [5, 5.41) is 6.21. The Hall–Kier alpha value is -2.64. The number of aromatic nitrogens is 2. The van der Waals surface area contributed by atoms with Gasteiger partial charge in [0.25, 0.3) is 5.91 Å². The fourth-order valence-electron chi connectivity index (χ4n) is 2.26. The van der Waals surface area contributed by atoms with Crippen LogP contribution in [0.3, 0.4) is 0 Å². The molecule has 1 amide bonds. The van der Waals surface area contributed by atoms with E-state index in [4.69, 9.17) is 9.47 Å². The standard InChI is InChI=1S/C15H15F2N3O3/c1-9-6-11(19-20(9)15(16)17)14(21)18-7-10-8-22-12-4-2-3-5-13(12)23-10/h2-6,10,15H,7-8H2,1H3,(H,18,21). The lowest BCUT2D eigenvalue weighted by Crippen LogP contribution is -2.40. The number of nitrogens with one attached hydrogen (secondary N) is 1. The van der Waals surface area contributed by atoms with Gasteiger partial charge in [-0.1, -0.05) is 12.1 Å². The van der Waals surface area contributed by atoms with Gasteiger partial charge in [-0.25, -0.2) is 4.68 Å². The van der Waals surface area contributed by atoms with Gasteiger partial charge in [0.1, 0.15) is 12.7 Å². The molecule has 0 aliphatic carbocycles. The maximum Gasteiger partial charge on any atom is 0.333 e. The fourth-order valence-corrected chi connectivity index (χ4v) is 2.26. The predicted molar refractivity (Wildman–Crippen MR) is 76.9 cm³/mol. The van der Waals surface area contributed by atoms with Gasteiger partial charge in [0, 0.05) is 5.69 Å². The van der Waals surface area contributed by atoms with E-state index in [0.29, 0.717) is 22.8 Å². The number of aryl methyl sites for hydroxylation is 1. The van der Waals surface area contributed by atoms with E-state index in [1.54, 1.807) is 12.1 Å². The molecule has 2 aromatic rings. The van der Waals surface area contributed by atoms with Crippen molar-refractivity contribution in [2.24, 2.45) is 0 Å². The van der Waals surface area contributed by atoms with Crippen LogP contribution in [0.5, 0.6) is 11.5 Å². The molecule has 0 spiro atoms. The third kappa shape index (κ3) is 3.25. The van der Waals surface area contributed by atoms with E-state index in [9.17, 15) is 13.6 Å². The van der Waals surface area contributed by atoms with E-state index >= 15 is 0 Å². The summed E-state index contributed by atoms with van der Waals surface area (Å²) in [6.45, 7) is -0.830. The fraction of sp³-hybridized carbons (Fsp3) is 0.333. The number of carbonyl (C=O) groups excluding carboxylic acids is 1. The van der Waals surface area contributed by atoms with E-state index < -0.39 is 12.5 Å². The Morgan fingerprint density at radius 1 is 1.43 bits per heavy atom. The van der Waals surface area contributed by atoms with Crippen LogP contribution >= 0.6 is 0 Å². The zero-order valence-corrected chi connectivity index (χ0v) is 12.3. The average Bonchev–Trinajstić information content (AvgIpc) is 2.94. The number of alkyl halides is 2. The first-order valence-corrected chi connectivity index (χ1v) is 7.05. The van der Waals surface area contributed by atoms with Gasteiger partial charge in [0.15, 0.2) is 17.2 Å². The first kappa shape index (κ1) is 15.3. The Balaban J connectivity index is 1.59. The van der Waals surface area contributed by atoms with Crippen molar-refractivity contribution in [3.63, 3.8) is 0 Å². The monoisotopic (exact) mass is 323 g/mol. The lowest BCUT2D eigenvalue weighted by molar-refractivity contribution is 0.0537. The second-order valence-electron chi connectivity index (χ2n) is 5.10. The van der Waals surface area contributed by atoms with Crippen LogP contribution in [0.4, 0.5) is 8.78 Å². The molecular formula is C15H15F2N3O3. The first-order valence-electron chi connectivity index (χ1n) is 7.05. The smallest absolute Gasteiger partial charge is 0.333 e. The second-order valence-corrected chi connectivity index (χ2v) is 5.10. The molecule has 1 N–H and O–H groups in total. The van der Waals surface area contributed by atoms with Crippen LogP contribution < -0.4 is 14.8 Å². The number of halogens is 2. The number of fused-ring (bicyclic) bond motifs is 1. The zero-order chi connectivity index (χ0) is 16.4. The molecule has 1 atom stereocenters. The number of hydrogen-bond acceptors (Lipinski definition) is 4. The van der Waals surface area contributed by atoms with Gasteiger partial charge in [-0.2, -0.15) is 13.9 Å². The lowest BCUT2D eigenvalue weighted by atomic mass is 10.2. The Labute approximate surface area is 131 Å². The van der Waals surface area contributed by atoms with Crippen molar-refractivity contribution in [3.8, 4) is 11.5 Å². The third-order valence-corrected chi connectivity index (χ3v) is 3.40. The Morgan fingerprint density at radius 3 is 2.87 bits per heavy atom. The molecule has 0 bridgehead atoms. The molecule has 0 radical (unpaired) electrons. The number of rotatable bonds is 4. The van der Waals surface area contributed by atoms with Crippen LogP contribution in [0.15, 0.2) is 30.3 Å². The van der Waals surface area contributed by atoms with Gasteiger partial charge in [-0.3, -0.25) is 4.79 Å². The van der Waals surface area contributed by atoms with E-state index in [1.807, 2.05) is 12.1 Å². The van der Waals surface area contributed by atoms with Gasteiger partial charge < -0.3 is 14.8 Å². The molecule has 0 fully saturated rings. The molecule has 1 aliphatic heterocycles. The largest absolute Gasteiger partial charge is 0.486 e. The molecule has 0 saturated heterocycles. The van der Waals surface area contributed by atoms with Gasteiger partial charge in [0.05, 0.1) is 6.54 Å². The maximum absolute atomic E-state index is 12.7. The molecular weight excluding hydrogens is 308 g/mol. The summed E-state index contributed by atoms with van der Waals surface area (Å²) >= 11 is 0. The topological polar surface area (TPSA) is 65.4 Å². The molecule has 2 heterocycles. The number of nitrogens with zero attached hydrogens (tertiary/aromatic N) is 2. The molecule has 0 saturated carbocycles. The molecule has 122 valence electrons. The molecule has 6 nitrogen and oxygen atoms in total. The summed E-state index contributed by atoms with van der Waals surface area (Å²) in [6.07, 6.45) is -0.355. The molecule has 1 aromatic heterocycles. The maximum atomic E-state index is 12.7. The van der Waals surface area contributed by atoms with Crippen molar-refractivity contribution >= 4 is 5.91 Å². The van der Waals surface area contributed by atoms with E-state index in [-0.39, 0.29) is 24.0 Å². The average molecular weight is 323 g/mol. The van der Waals surface area contributed by atoms with E-state index in [2.05, 4.69) is 10.4 Å². The van der Waals surface area contributed by atoms with Gasteiger partial charge in [-0.15, -0.1) is 0 Å². The summed E-state index contributed by atoms with van der Waals surface area (Å²) in [4.78, 5) is 12.0. The van der Waals surface area contributed by atoms with Crippen LogP contribution in [0.2, 0.25) is 0 Å². The molecule has 1 unspecified atom stereocenters. The van der Waals surface area contributed by atoms with Crippen LogP contribution in [0.1, 0.15) is 22.7 Å². The molecule has 23 heavy (non-hydrogen) atoms. The number of carbonyl (C=O) groups is 1. The highest BCUT2D eigenvalue weighted by atomic mass is 19.3. The van der Waals surface area contributed by atoms with Crippen LogP contribution in [0, 0.1) is 6.92 Å². The highest BCUT2D eigenvalue weighted by Crippen LogP contribution is 2.30. The van der Waals surface area contributed by atoms with Crippen molar-refractivity contribution < 1.29 is 23.0 Å². The number of amides is 1. The van der Waals surface area contributed by atoms with Crippen molar-refractivity contribution in [2.75, 3.05) is 13.2 Å².